The van der Waals surface area contributed by atoms with Gasteiger partial charge in [0.1, 0.15) is 30.3 Å². The van der Waals surface area contributed by atoms with Crippen molar-refractivity contribution in [2.75, 3.05) is 0 Å². The van der Waals surface area contributed by atoms with Crippen molar-refractivity contribution in [2.45, 2.75) is 13.5 Å². The van der Waals surface area contributed by atoms with Crippen LogP contribution < -0.4 is 4.74 Å². The molecule has 0 aromatic heterocycles. The monoisotopic (exact) mass is 262 g/mol. The smallest absolute Gasteiger partial charge is 0.150 e. The number of rotatable bonds is 4. The number of carbonyl (C=O) groups excluding carboxylic acids is 1. The predicted octanol–water partition coefficient (Wildman–Crippen LogP) is 3.66. The third-order valence-electron chi connectivity index (χ3n) is 2.73. The van der Waals surface area contributed by atoms with Gasteiger partial charge in [-0.05, 0) is 42.3 Å². The minimum absolute atomic E-state index is 0.188. The summed E-state index contributed by atoms with van der Waals surface area (Å²) >= 11 is 0. The normalized spacial score (nSPS) is 10.3. The fraction of sp³-hybridized carbons (Fsp3) is 0.133. The first-order valence-electron chi connectivity index (χ1n) is 5.72. The lowest BCUT2D eigenvalue weighted by Gasteiger charge is -2.09. The molecule has 4 heteroatoms. The van der Waals surface area contributed by atoms with E-state index < -0.39 is 5.82 Å². The zero-order valence-corrected chi connectivity index (χ0v) is 10.3. The molecule has 0 aliphatic carbocycles. The molecular weight excluding hydrogens is 250 g/mol. The van der Waals surface area contributed by atoms with Gasteiger partial charge >= 0.3 is 0 Å². The largest absolute Gasteiger partial charge is 0.489 e. The first-order valence-corrected chi connectivity index (χ1v) is 5.72. The summed E-state index contributed by atoms with van der Waals surface area (Å²) < 4.78 is 31.5. The zero-order chi connectivity index (χ0) is 13.8. The van der Waals surface area contributed by atoms with Crippen molar-refractivity contribution in [3.05, 3.63) is 64.7 Å². The third-order valence-corrected chi connectivity index (χ3v) is 2.73. The summed E-state index contributed by atoms with van der Waals surface area (Å²) in [5.41, 5.74) is 1.77. The van der Waals surface area contributed by atoms with Crippen LogP contribution in [0.2, 0.25) is 0 Å². The number of carbonyl (C=O) groups is 1. The van der Waals surface area contributed by atoms with Crippen molar-refractivity contribution in [1.29, 1.82) is 0 Å². The van der Waals surface area contributed by atoms with Crippen LogP contribution in [0.15, 0.2) is 36.4 Å². The van der Waals surface area contributed by atoms with Crippen LogP contribution in [0.25, 0.3) is 0 Å². The molecule has 2 aromatic rings. The molecule has 98 valence electrons. The van der Waals surface area contributed by atoms with E-state index in [4.69, 9.17) is 4.74 Å². The minimum atomic E-state index is -0.532. The van der Waals surface area contributed by atoms with Crippen molar-refractivity contribution >= 4 is 6.29 Å². The molecule has 2 nitrogen and oxygen atoms in total. The highest BCUT2D eigenvalue weighted by atomic mass is 19.1. The van der Waals surface area contributed by atoms with Gasteiger partial charge in [0.2, 0.25) is 0 Å². The van der Waals surface area contributed by atoms with Gasteiger partial charge in [0.05, 0.1) is 0 Å². The van der Waals surface area contributed by atoms with E-state index in [1.54, 1.807) is 13.0 Å². The SMILES string of the molecule is Cc1cc(F)ccc1COc1cc(F)cc(C=O)c1. The summed E-state index contributed by atoms with van der Waals surface area (Å²) in [7, 11) is 0. The number of aryl methyl sites for hydroxylation is 1. The second-order valence-corrected chi connectivity index (χ2v) is 4.20. The lowest BCUT2D eigenvalue weighted by molar-refractivity contribution is 0.112. The molecular formula is C15H12F2O2. The van der Waals surface area contributed by atoms with Crippen LogP contribution >= 0.6 is 0 Å². The highest BCUT2D eigenvalue weighted by molar-refractivity contribution is 5.75. The van der Waals surface area contributed by atoms with E-state index in [1.807, 2.05) is 0 Å². The van der Waals surface area contributed by atoms with E-state index in [1.165, 1.54) is 24.3 Å². The summed E-state index contributed by atoms with van der Waals surface area (Å²) in [6.07, 6.45) is 0.555. The van der Waals surface area contributed by atoms with Crippen molar-refractivity contribution in [1.82, 2.24) is 0 Å². The molecule has 0 unspecified atom stereocenters. The molecule has 0 aliphatic rings. The number of hydrogen-bond donors (Lipinski definition) is 0. The fourth-order valence-electron chi connectivity index (χ4n) is 1.72. The Hall–Kier alpha value is -2.23. The van der Waals surface area contributed by atoms with Gasteiger partial charge in [-0.1, -0.05) is 6.07 Å². The Labute approximate surface area is 109 Å². The lowest BCUT2D eigenvalue weighted by Crippen LogP contribution is -1.99. The fourth-order valence-corrected chi connectivity index (χ4v) is 1.72. The molecule has 0 bridgehead atoms. The van der Waals surface area contributed by atoms with Crippen LogP contribution in [0.4, 0.5) is 8.78 Å². The van der Waals surface area contributed by atoms with E-state index in [0.29, 0.717) is 6.29 Å². The number of aldehydes is 1. The average Bonchev–Trinajstić information content (AvgIpc) is 2.37. The molecule has 0 atom stereocenters. The van der Waals surface area contributed by atoms with Crippen LogP contribution in [0, 0.1) is 18.6 Å². The maximum Gasteiger partial charge on any atom is 0.150 e. The van der Waals surface area contributed by atoms with Gasteiger partial charge < -0.3 is 4.74 Å². The standard InChI is InChI=1S/C15H12F2O2/c1-10-4-13(16)3-2-12(10)9-19-15-6-11(8-18)5-14(17)7-15/h2-8H,9H2,1H3. The van der Waals surface area contributed by atoms with Crippen molar-refractivity contribution < 1.29 is 18.3 Å². The van der Waals surface area contributed by atoms with Gasteiger partial charge in [-0.25, -0.2) is 8.78 Å². The Morgan fingerprint density at radius 2 is 1.89 bits per heavy atom. The molecule has 0 fully saturated rings. The second-order valence-electron chi connectivity index (χ2n) is 4.20. The van der Waals surface area contributed by atoms with E-state index in [0.717, 1.165) is 17.2 Å². The molecule has 0 spiro atoms. The van der Waals surface area contributed by atoms with Gasteiger partial charge in [-0.15, -0.1) is 0 Å². The molecule has 2 rings (SSSR count). The topological polar surface area (TPSA) is 26.3 Å². The predicted molar refractivity (Wildman–Crippen MR) is 67.3 cm³/mol. The zero-order valence-electron chi connectivity index (χ0n) is 10.3. The Kier molecular flexibility index (Phi) is 3.90. The quantitative estimate of drug-likeness (QED) is 0.786. The van der Waals surface area contributed by atoms with E-state index in [9.17, 15) is 13.6 Å². The van der Waals surface area contributed by atoms with Crippen LogP contribution in [-0.2, 0) is 6.61 Å². The number of benzene rings is 2. The summed E-state index contributed by atoms with van der Waals surface area (Å²) in [4.78, 5) is 10.6. The summed E-state index contributed by atoms with van der Waals surface area (Å²) in [6.45, 7) is 1.96. The molecule has 0 amide bonds. The lowest BCUT2D eigenvalue weighted by atomic mass is 10.1. The molecule has 19 heavy (non-hydrogen) atoms. The first kappa shape index (κ1) is 13.2. The number of hydrogen-bond acceptors (Lipinski definition) is 2. The third kappa shape index (κ3) is 3.37. The van der Waals surface area contributed by atoms with E-state index in [2.05, 4.69) is 0 Å². The van der Waals surface area contributed by atoms with Gasteiger partial charge in [0, 0.05) is 11.6 Å². The molecule has 0 aliphatic heterocycles. The molecule has 0 saturated carbocycles. The maximum atomic E-state index is 13.2. The molecule has 0 N–H and O–H groups in total. The highest BCUT2D eigenvalue weighted by Gasteiger charge is 2.04. The number of ether oxygens (including phenoxy) is 1. The summed E-state index contributed by atoms with van der Waals surface area (Å²) in [5, 5.41) is 0. The van der Waals surface area contributed by atoms with Crippen molar-refractivity contribution in [3.8, 4) is 5.75 Å². The number of halogens is 2. The van der Waals surface area contributed by atoms with Gasteiger partial charge in [0.15, 0.2) is 0 Å². The Balaban J connectivity index is 2.14. The van der Waals surface area contributed by atoms with Crippen LogP contribution in [0.1, 0.15) is 21.5 Å². The molecule has 0 saturated heterocycles. The Morgan fingerprint density at radius 3 is 2.58 bits per heavy atom. The van der Waals surface area contributed by atoms with E-state index in [-0.39, 0.29) is 23.7 Å². The highest BCUT2D eigenvalue weighted by Crippen LogP contribution is 2.18. The minimum Gasteiger partial charge on any atom is -0.489 e. The summed E-state index contributed by atoms with van der Waals surface area (Å²) in [6, 6.07) is 8.14. The molecule has 2 aromatic carbocycles. The Bertz CT molecular complexity index is 609. The summed E-state index contributed by atoms with van der Waals surface area (Å²) in [5.74, 6) is -0.573. The van der Waals surface area contributed by atoms with Crippen LogP contribution in [0.5, 0.6) is 5.75 Å². The van der Waals surface area contributed by atoms with Crippen LogP contribution in [-0.4, -0.2) is 6.29 Å². The molecule has 0 heterocycles. The maximum absolute atomic E-state index is 13.2. The van der Waals surface area contributed by atoms with Crippen molar-refractivity contribution in [2.24, 2.45) is 0 Å². The van der Waals surface area contributed by atoms with Gasteiger partial charge in [-0.3, -0.25) is 4.79 Å². The molecule has 0 radical (unpaired) electrons. The average molecular weight is 262 g/mol. The van der Waals surface area contributed by atoms with Crippen LogP contribution in [0.3, 0.4) is 0 Å². The van der Waals surface area contributed by atoms with Crippen molar-refractivity contribution in [3.63, 3.8) is 0 Å². The van der Waals surface area contributed by atoms with Gasteiger partial charge in [0.25, 0.3) is 0 Å². The van der Waals surface area contributed by atoms with Gasteiger partial charge in [-0.2, -0.15) is 0 Å². The van der Waals surface area contributed by atoms with E-state index >= 15 is 0 Å². The second kappa shape index (κ2) is 5.61. The first-order chi connectivity index (χ1) is 9.08. The Morgan fingerprint density at radius 1 is 1.11 bits per heavy atom.